The summed E-state index contributed by atoms with van der Waals surface area (Å²) in [6.45, 7) is 0. The molecule has 0 amide bonds. The highest BCUT2D eigenvalue weighted by Gasteiger charge is 2.53. The van der Waals surface area contributed by atoms with E-state index in [1.165, 1.54) is 122 Å². The second-order valence-electron chi connectivity index (χ2n) is 24.2. The van der Waals surface area contributed by atoms with E-state index in [2.05, 4.69) is 296 Å². The van der Waals surface area contributed by atoms with Gasteiger partial charge in [0.25, 0.3) is 0 Å². The normalized spacial score (nSPS) is 13.9. The standard InChI is InChI=1S/C84H49N3/c1-9-28-70-56(20-1)57-21-2-10-29-71(57)83(70)74-32-13-5-24-60(74)62-40-36-52(47-76(62)83)50-38-42-66-68(45-50)69-46-51(53-37-41-63-61-25-6-14-33-75(61)84(77(63)48-53)72-30-11-3-22-58(72)59-23-4-12-31-73(59)84)39-43-67(69)82-81(66)85-49-78(86-82)54-18-17-19-55(44-54)87-79-34-15-7-26-64(79)65-27-8-16-35-80(65)87/h1-49H. The van der Waals surface area contributed by atoms with Gasteiger partial charge in [-0.05, 0) is 171 Å². The number of aromatic nitrogens is 3. The lowest BCUT2D eigenvalue weighted by Crippen LogP contribution is -2.25. The summed E-state index contributed by atoms with van der Waals surface area (Å²) in [7, 11) is 0. The number of hydrogen-bond donors (Lipinski definition) is 0. The van der Waals surface area contributed by atoms with Crippen molar-refractivity contribution in [1.29, 1.82) is 0 Å². The molecule has 4 aliphatic carbocycles. The van der Waals surface area contributed by atoms with Crippen LogP contribution in [0.25, 0.3) is 138 Å². The minimum atomic E-state index is -0.451. The molecular formula is C84H49N3. The molecule has 16 aromatic rings. The number of rotatable bonds is 4. The molecule has 0 N–H and O–H groups in total. The van der Waals surface area contributed by atoms with Crippen molar-refractivity contribution in [3.05, 3.63) is 342 Å². The van der Waals surface area contributed by atoms with E-state index in [9.17, 15) is 0 Å². The van der Waals surface area contributed by atoms with Crippen LogP contribution in [0, 0.1) is 0 Å². The minimum absolute atomic E-state index is 0.446. The van der Waals surface area contributed by atoms with Crippen LogP contribution >= 0.6 is 0 Å². The topological polar surface area (TPSA) is 30.7 Å². The Hall–Kier alpha value is -11.3. The highest BCUT2D eigenvalue weighted by Crippen LogP contribution is 2.65. The van der Waals surface area contributed by atoms with Gasteiger partial charge >= 0.3 is 0 Å². The molecule has 3 heteroatoms. The summed E-state index contributed by atoms with van der Waals surface area (Å²) in [6.07, 6.45) is 1.98. The molecule has 400 valence electrons. The van der Waals surface area contributed by atoms with Crippen LogP contribution in [0.15, 0.2) is 297 Å². The maximum absolute atomic E-state index is 5.68. The summed E-state index contributed by atoms with van der Waals surface area (Å²) in [6, 6.07) is 109. The van der Waals surface area contributed by atoms with Crippen molar-refractivity contribution < 1.29 is 0 Å². The van der Waals surface area contributed by atoms with E-state index in [0.717, 1.165) is 60.6 Å². The van der Waals surface area contributed by atoms with Crippen molar-refractivity contribution in [1.82, 2.24) is 14.5 Å². The molecule has 0 bridgehead atoms. The van der Waals surface area contributed by atoms with Crippen LogP contribution in [0.5, 0.6) is 0 Å². The first kappa shape index (κ1) is 47.1. The summed E-state index contributed by atoms with van der Waals surface area (Å²) in [5.74, 6) is 0. The van der Waals surface area contributed by atoms with Crippen LogP contribution in [-0.2, 0) is 10.8 Å². The Morgan fingerprint density at radius 3 is 1.06 bits per heavy atom. The molecule has 3 nitrogen and oxygen atoms in total. The highest BCUT2D eigenvalue weighted by molar-refractivity contribution is 6.24. The zero-order chi connectivity index (χ0) is 56.7. The van der Waals surface area contributed by atoms with Crippen LogP contribution in [-0.4, -0.2) is 14.5 Å². The van der Waals surface area contributed by atoms with Gasteiger partial charge in [0, 0.05) is 32.8 Å². The Labute approximate surface area is 502 Å². The summed E-state index contributed by atoms with van der Waals surface area (Å²) < 4.78 is 2.37. The molecule has 2 heterocycles. The molecule has 4 aliphatic rings. The van der Waals surface area contributed by atoms with Gasteiger partial charge in [-0.15, -0.1) is 0 Å². The Kier molecular flexibility index (Phi) is 9.32. The lowest BCUT2D eigenvalue weighted by Gasteiger charge is -2.30. The van der Waals surface area contributed by atoms with Crippen molar-refractivity contribution in [2.45, 2.75) is 10.8 Å². The van der Waals surface area contributed by atoms with Gasteiger partial charge in [0.1, 0.15) is 0 Å². The number of fused-ring (bicyclic) bond motifs is 29. The van der Waals surface area contributed by atoms with E-state index < -0.39 is 10.8 Å². The van der Waals surface area contributed by atoms with Crippen molar-refractivity contribution >= 4 is 54.4 Å². The SMILES string of the molecule is c1cc(-c2cnc3c4ccc(-c5ccc6c(c5)C5(c7ccccc7-c7ccccc75)c5ccccc5-6)cc4c4cc(-c5ccc6c(c5)C5(c7ccccc7-c7ccccc75)c5ccccc5-6)ccc4c3n2)cc(-n2c3ccccc3c3ccccc32)c1. The van der Waals surface area contributed by atoms with E-state index in [4.69, 9.17) is 9.97 Å². The van der Waals surface area contributed by atoms with Gasteiger partial charge in [-0.25, -0.2) is 4.98 Å². The highest BCUT2D eigenvalue weighted by atomic mass is 15.0. The molecule has 14 aromatic carbocycles. The zero-order valence-electron chi connectivity index (χ0n) is 47.1. The smallest absolute Gasteiger partial charge is 0.0979 e. The molecule has 0 saturated heterocycles. The number of para-hydroxylation sites is 2. The molecule has 0 unspecified atom stereocenters. The zero-order valence-corrected chi connectivity index (χ0v) is 47.1. The summed E-state index contributed by atoms with van der Waals surface area (Å²) in [5.41, 5.74) is 31.9. The van der Waals surface area contributed by atoms with Crippen LogP contribution < -0.4 is 0 Å². The van der Waals surface area contributed by atoms with E-state index in [1.54, 1.807) is 0 Å². The molecule has 0 radical (unpaired) electrons. The molecule has 2 aromatic heterocycles. The second kappa shape index (κ2) is 17.2. The predicted molar refractivity (Wildman–Crippen MR) is 358 cm³/mol. The monoisotopic (exact) mass is 1100 g/mol. The van der Waals surface area contributed by atoms with E-state index in [0.29, 0.717) is 0 Å². The van der Waals surface area contributed by atoms with Gasteiger partial charge in [0.2, 0.25) is 0 Å². The average Bonchev–Trinajstić information content (AvgIpc) is 1.55. The fraction of sp³-hybridized carbons (Fsp3) is 0.0238. The van der Waals surface area contributed by atoms with Gasteiger partial charge < -0.3 is 4.57 Å². The summed E-state index contributed by atoms with van der Waals surface area (Å²) in [5, 5.41) is 6.89. The lowest BCUT2D eigenvalue weighted by molar-refractivity contribution is 0.794. The van der Waals surface area contributed by atoms with Crippen LogP contribution in [0.1, 0.15) is 44.5 Å². The Morgan fingerprint density at radius 2 is 0.609 bits per heavy atom. The van der Waals surface area contributed by atoms with Crippen molar-refractivity contribution in [2.24, 2.45) is 0 Å². The fourth-order valence-corrected chi connectivity index (χ4v) is 16.8. The largest absolute Gasteiger partial charge is 0.309 e. The maximum atomic E-state index is 5.68. The van der Waals surface area contributed by atoms with Crippen LogP contribution in [0.4, 0.5) is 0 Å². The first-order valence-corrected chi connectivity index (χ1v) is 30.3. The Balaban J connectivity index is 0.804. The lowest BCUT2D eigenvalue weighted by atomic mass is 9.70. The molecule has 0 saturated carbocycles. The second-order valence-corrected chi connectivity index (χ2v) is 24.2. The number of nitrogens with zero attached hydrogens (tertiary/aromatic N) is 3. The predicted octanol–water partition coefficient (Wildman–Crippen LogP) is 20.7. The van der Waals surface area contributed by atoms with Gasteiger partial charge in [-0.1, -0.05) is 243 Å². The van der Waals surface area contributed by atoms with Gasteiger partial charge in [-0.2, -0.15) is 0 Å². The van der Waals surface area contributed by atoms with Crippen molar-refractivity contribution in [3.63, 3.8) is 0 Å². The summed E-state index contributed by atoms with van der Waals surface area (Å²) >= 11 is 0. The van der Waals surface area contributed by atoms with Crippen molar-refractivity contribution in [3.8, 4) is 83.7 Å². The third-order valence-electron chi connectivity index (χ3n) is 20.3. The van der Waals surface area contributed by atoms with Gasteiger partial charge in [0.05, 0.1) is 44.8 Å². The fourth-order valence-electron chi connectivity index (χ4n) is 16.8. The molecule has 0 fully saturated rings. The Morgan fingerprint density at radius 1 is 0.241 bits per heavy atom. The van der Waals surface area contributed by atoms with Gasteiger partial charge in [-0.3, -0.25) is 4.98 Å². The number of hydrogen-bond acceptors (Lipinski definition) is 2. The van der Waals surface area contributed by atoms with Crippen LogP contribution in [0.3, 0.4) is 0 Å². The first-order chi connectivity index (χ1) is 43.1. The third-order valence-corrected chi connectivity index (χ3v) is 20.3. The minimum Gasteiger partial charge on any atom is -0.309 e. The summed E-state index contributed by atoms with van der Waals surface area (Å²) in [4.78, 5) is 11.1. The van der Waals surface area contributed by atoms with Crippen molar-refractivity contribution in [2.75, 3.05) is 0 Å². The molecule has 0 aliphatic heterocycles. The third kappa shape index (κ3) is 6.05. The average molecular weight is 1100 g/mol. The number of benzene rings is 14. The van der Waals surface area contributed by atoms with E-state index >= 15 is 0 Å². The molecule has 2 spiro atoms. The van der Waals surface area contributed by atoms with E-state index in [-0.39, 0.29) is 0 Å². The van der Waals surface area contributed by atoms with Crippen LogP contribution in [0.2, 0.25) is 0 Å². The molecule has 87 heavy (non-hydrogen) atoms. The molecule has 20 rings (SSSR count). The quantitative estimate of drug-likeness (QED) is 0.164. The molecule has 0 atom stereocenters. The van der Waals surface area contributed by atoms with E-state index in [1.807, 2.05) is 6.20 Å². The van der Waals surface area contributed by atoms with Gasteiger partial charge in [0.15, 0.2) is 0 Å². The molecular weight excluding hydrogens is 1050 g/mol. The maximum Gasteiger partial charge on any atom is 0.0979 e. The Bertz CT molecular complexity index is 5560. The first-order valence-electron chi connectivity index (χ1n) is 30.3.